The number of ether oxygens (including phenoxy) is 1. The molecule has 0 amide bonds. The van der Waals surface area contributed by atoms with E-state index < -0.39 is 6.17 Å². The van der Waals surface area contributed by atoms with Crippen LogP contribution in [0.1, 0.15) is 70.8 Å². The van der Waals surface area contributed by atoms with E-state index in [0.717, 1.165) is 18.6 Å². The molecule has 1 saturated heterocycles. The van der Waals surface area contributed by atoms with E-state index in [2.05, 4.69) is 52.9 Å². The highest BCUT2D eigenvalue weighted by molar-refractivity contribution is 5.88. The largest absolute Gasteiger partial charge is 0.373 e. The van der Waals surface area contributed by atoms with Gasteiger partial charge in [-0.3, -0.25) is 9.36 Å². The Hall–Kier alpha value is -3.13. The van der Waals surface area contributed by atoms with E-state index in [0.29, 0.717) is 17.9 Å². The van der Waals surface area contributed by atoms with Gasteiger partial charge in [-0.2, -0.15) is 0 Å². The number of aryl methyl sites for hydroxylation is 1. The number of allylic oxidation sites excluding steroid dienone is 1. The minimum absolute atomic E-state index is 0.0436. The Labute approximate surface area is 213 Å². The Balaban J connectivity index is 0.00000222. The lowest BCUT2D eigenvalue weighted by atomic mass is 9.96. The molecule has 1 unspecified atom stereocenters. The molecule has 0 radical (unpaired) electrons. The van der Waals surface area contributed by atoms with Gasteiger partial charge in [0.1, 0.15) is 18.3 Å². The van der Waals surface area contributed by atoms with Gasteiger partial charge in [0.15, 0.2) is 5.82 Å². The van der Waals surface area contributed by atoms with Crippen molar-refractivity contribution in [3.8, 4) is 0 Å². The molecule has 1 aliphatic rings. The summed E-state index contributed by atoms with van der Waals surface area (Å²) in [6, 6.07) is 8.53. The van der Waals surface area contributed by atoms with Gasteiger partial charge < -0.3 is 9.57 Å². The molecule has 8 heteroatoms. The Bertz CT molecular complexity index is 1140. The topological polar surface area (TPSA) is 78.1 Å². The lowest BCUT2D eigenvalue weighted by Crippen LogP contribution is -2.24. The molecule has 3 rings (SSSR count). The van der Waals surface area contributed by atoms with Crippen LogP contribution in [0.3, 0.4) is 0 Å². The predicted octanol–water partition coefficient (Wildman–Crippen LogP) is 6.27. The second-order valence-electron chi connectivity index (χ2n) is 8.71. The minimum atomic E-state index is -1.21. The zero-order valence-electron chi connectivity index (χ0n) is 22.5. The van der Waals surface area contributed by atoms with Crippen molar-refractivity contribution in [3.63, 3.8) is 0 Å². The number of alkyl halides is 1. The number of aromatic nitrogens is 2. The number of nitrogens with zero attached hydrogens (tertiary/aromatic N) is 4. The second-order valence-corrected chi connectivity index (χ2v) is 8.71. The quantitative estimate of drug-likeness (QED) is 0.232. The van der Waals surface area contributed by atoms with E-state index in [9.17, 15) is 9.18 Å². The van der Waals surface area contributed by atoms with Crippen LogP contribution in [0.2, 0.25) is 0 Å². The lowest BCUT2D eigenvalue weighted by Gasteiger charge is -2.11. The first-order valence-electron chi connectivity index (χ1n) is 12.5. The first kappa shape index (κ1) is 29.1. The highest BCUT2D eigenvalue weighted by Gasteiger charge is 2.29. The summed E-state index contributed by atoms with van der Waals surface area (Å²) in [5.41, 5.74) is 3.59. The lowest BCUT2D eigenvalue weighted by molar-refractivity contribution is 0.109. The molecular formula is C28H39FN4O3. The number of rotatable bonds is 9. The molecule has 7 nitrogen and oxygen atoms in total. The third-order valence-corrected chi connectivity index (χ3v) is 6.11. The average molecular weight is 499 g/mol. The fourth-order valence-electron chi connectivity index (χ4n) is 3.61. The summed E-state index contributed by atoms with van der Waals surface area (Å²) in [6.07, 6.45) is 2.04. The number of halogens is 1. The molecule has 1 aliphatic heterocycles. The van der Waals surface area contributed by atoms with Crippen molar-refractivity contribution in [1.29, 1.82) is 0 Å². The summed E-state index contributed by atoms with van der Waals surface area (Å²) in [7, 11) is 0. The number of aliphatic imine (C=N–C) groups is 1. The van der Waals surface area contributed by atoms with Crippen LogP contribution in [-0.4, -0.2) is 33.8 Å². The Morgan fingerprint density at radius 2 is 1.97 bits per heavy atom. The van der Waals surface area contributed by atoms with Crippen molar-refractivity contribution in [2.75, 3.05) is 6.61 Å². The zero-order chi connectivity index (χ0) is 26.8. The monoisotopic (exact) mass is 498 g/mol. The molecule has 0 N–H and O–H groups in total. The van der Waals surface area contributed by atoms with Crippen LogP contribution in [0.5, 0.6) is 0 Å². The Morgan fingerprint density at radius 1 is 1.31 bits per heavy atom. The second kappa shape index (κ2) is 13.8. The SMILES string of the molecule is C=C(Cn1cnc(/N=C(\C)C(C)F)c(C)c1=O)O/N=C(\C)[C@@H]1CO[C@@H](c2ccc(CC)cc2)C1.CC. The van der Waals surface area contributed by atoms with E-state index in [1.807, 2.05) is 20.8 Å². The summed E-state index contributed by atoms with van der Waals surface area (Å²) < 4.78 is 20.7. The molecule has 0 bridgehead atoms. The molecule has 0 aliphatic carbocycles. The van der Waals surface area contributed by atoms with Crippen LogP contribution in [0.25, 0.3) is 0 Å². The van der Waals surface area contributed by atoms with E-state index in [1.54, 1.807) is 13.8 Å². The maximum atomic E-state index is 13.4. The molecule has 0 spiro atoms. The first-order valence-corrected chi connectivity index (χ1v) is 12.5. The van der Waals surface area contributed by atoms with Crippen molar-refractivity contribution in [1.82, 2.24) is 9.55 Å². The van der Waals surface area contributed by atoms with Crippen LogP contribution >= 0.6 is 0 Å². The van der Waals surface area contributed by atoms with Gasteiger partial charge in [0.05, 0.1) is 36.2 Å². The fraction of sp³-hybridized carbons (Fsp3) is 0.500. The maximum absolute atomic E-state index is 13.4. The van der Waals surface area contributed by atoms with Crippen molar-refractivity contribution in [2.24, 2.45) is 16.1 Å². The molecule has 1 aromatic carbocycles. The van der Waals surface area contributed by atoms with Gasteiger partial charge in [-0.25, -0.2) is 14.4 Å². The standard InChI is InChI=1S/C26H33FN4O3.C2H6/c1-7-21-8-10-22(11-9-21)24-12-23(14-33-24)20(6)30-34-16(2)13-31-15-28-25(17(3)26(31)32)29-19(5)18(4)27;1-2/h8-11,15,18,23-24H,2,7,12-14H2,1,3-6H3;1-2H3/b29-19+,30-20+;/t18?,23-,24+;/m0./s1. The van der Waals surface area contributed by atoms with Crippen molar-refractivity contribution in [2.45, 2.75) is 80.1 Å². The van der Waals surface area contributed by atoms with Gasteiger partial charge in [0, 0.05) is 5.92 Å². The minimum Gasteiger partial charge on any atom is -0.373 e. The van der Waals surface area contributed by atoms with E-state index in [4.69, 9.17) is 9.57 Å². The Morgan fingerprint density at radius 3 is 2.58 bits per heavy atom. The van der Waals surface area contributed by atoms with Gasteiger partial charge >= 0.3 is 0 Å². The van der Waals surface area contributed by atoms with Gasteiger partial charge in [-0.1, -0.05) is 56.8 Å². The summed E-state index contributed by atoms with van der Waals surface area (Å²) >= 11 is 0. The van der Waals surface area contributed by atoms with Gasteiger partial charge in [-0.05, 0) is 51.7 Å². The fourth-order valence-corrected chi connectivity index (χ4v) is 3.61. The van der Waals surface area contributed by atoms with Crippen molar-refractivity contribution in [3.05, 3.63) is 70.0 Å². The zero-order valence-corrected chi connectivity index (χ0v) is 22.5. The molecular weight excluding hydrogens is 459 g/mol. The molecule has 0 saturated carbocycles. The number of oxime groups is 1. The highest BCUT2D eigenvalue weighted by atomic mass is 19.1. The van der Waals surface area contributed by atoms with Gasteiger partial charge in [-0.15, -0.1) is 0 Å². The normalized spacial score (nSPS) is 18.9. The predicted molar refractivity (Wildman–Crippen MR) is 144 cm³/mol. The van der Waals surface area contributed by atoms with E-state index >= 15 is 0 Å². The van der Waals surface area contributed by atoms with Crippen molar-refractivity contribution >= 4 is 17.2 Å². The van der Waals surface area contributed by atoms with Crippen LogP contribution in [-0.2, 0) is 22.5 Å². The summed E-state index contributed by atoms with van der Waals surface area (Å²) in [5.74, 6) is 0.662. The van der Waals surface area contributed by atoms with Crippen LogP contribution in [0.15, 0.2) is 57.9 Å². The van der Waals surface area contributed by atoms with Crippen molar-refractivity contribution < 1.29 is 14.0 Å². The van der Waals surface area contributed by atoms with Gasteiger partial charge in [0.2, 0.25) is 0 Å². The number of benzene rings is 1. The Kier molecular flexibility index (Phi) is 11.2. The van der Waals surface area contributed by atoms with Crippen LogP contribution in [0.4, 0.5) is 10.2 Å². The number of hydrogen-bond donors (Lipinski definition) is 0. The molecule has 3 atom stereocenters. The molecule has 196 valence electrons. The third kappa shape index (κ3) is 7.68. The molecule has 1 fully saturated rings. The number of hydrogen-bond acceptors (Lipinski definition) is 6. The maximum Gasteiger partial charge on any atom is 0.258 e. The van der Waals surface area contributed by atoms with Crippen LogP contribution < -0.4 is 5.56 Å². The van der Waals surface area contributed by atoms with Gasteiger partial charge in [0.25, 0.3) is 5.56 Å². The molecule has 1 aromatic heterocycles. The van der Waals surface area contributed by atoms with E-state index in [1.165, 1.54) is 28.9 Å². The highest BCUT2D eigenvalue weighted by Crippen LogP contribution is 2.33. The first-order chi connectivity index (χ1) is 17.2. The molecule has 2 heterocycles. The summed E-state index contributed by atoms with van der Waals surface area (Å²) in [5, 5.41) is 4.22. The average Bonchev–Trinajstić information content (AvgIpc) is 3.38. The summed E-state index contributed by atoms with van der Waals surface area (Å²) in [6.45, 7) is 17.1. The smallest absolute Gasteiger partial charge is 0.258 e. The van der Waals surface area contributed by atoms with Crippen LogP contribution in [0, 0.1) is 12.8 Å². The third-order valence-electron chi connectivity index (χ3n) is 6.11. The molecule has 2 aromatic rings. The van der Waals surface area contributed by atoms with E-state index in [-0.39, 0.29) is 35.7 Å². The molecule has 36 heavy (non-hydrogen) atoms. The summed E-state index contributed by atoms with van der Waals surface area (Å²) in [4.78, 5) is 26.4.